The van der Waals surface area contributed by atoms with Crippen molar-refractivity contribution < 1.29 is 9.53 Å². The van der Waals surface area contributed by atoms with Crippen LogP contribution in [0.5, 0.6) is 5.75 Å². The molecule has 0 aliphatic carbocycles. The minimum absolute atomic E-state index is 0.165. The van der Waals surface area contributed by atoms with E-state index in [1.807, 2.05) is 13.8 Å². The molecule has 0 aliphatic rings. The van der Waals surface area contributed by atoms with E-state index in [0.29, 0.717) is 30.2 Å². The summed E-state index contributed by atoms with van der Waals surface area (Å²) in [7, 11) is 1.59. The fraction of sp³-hybridized carbons (Fsp3) is 0.333. The van der Waals surface area contributed by atoms with Crippen molar-refractivity contribution in [3.63, 3.8) is 0 Å². The van der Waals surface area contributed by atoms with E-state index in [-0.39, 0.29) is 5.91 Å². The highest BCUT2D eigenvalue weighted by Gasteiger charge is 2.13. The lowest BCUT2D eigenvalue weighted by Crippen LogP contribution is -2.26. The number of nitrogens with zero attached hydrogens (tertiary/aromatic N) is 2. The minimum Gasteiger partial charge on any atom is -0.496 e. The first kappa shape index (κ1) is 14.9. The van der Waals surface area contributed by atoms with Crippen LogP contribution in [0.1, 0.15) is 28.7 Å². The van der Waals surface area contributed by atoms with Gasteiger partial charge in [-0.3, -0.25) is 9.48 Å². The molecule has 3 N–H and O–H groups in total. The number of amides is 1. The Balaban J connectivity index is 2.12. The second-order valence-electron chi connectivity index (χ2n) is 4.74. The van der Waals surface area contributed by atoms with Gasteiger partial charge in [0.05, 0.1) is 12.8 Å². The Labute approximate surface area is 123 Å². The summed E-state index contributed by atoms with van der Waals surface area (Å²) in [6.07, 6.45) is 0. The lowest BCUT2D eigenvalue weighted by Gasteiger charge is -2.11. The van der Waals surface area contributed by atoms with Gasteiger partial charge in [-0.25, -0.2) is 0 Å². The van der Waals surface area contributed by atoms with Crippen molar-refractivity contribution in [2.24, 2.45) is 0 Å². The third kappa shape index (κ3) is 3.34. The number of anilines is 1. The first-order valence-electron chi connectivity index (χ1n) is 6.80. The first-order chi connectivity index (χ1) is 10.0. The molecule has 0 atom stereocenters. The number of hydrogen-bond acceptors (Lipinski definition) is 4. The van der Waals surface area contributed by atoms with Crippen molar-refractivity contribution in [2.75, 3.05) is 12.8 Å². The van der Waals surface area contributed by atoms with E-state index in [2.05, 4.69) is 10.4 Å². The molecule has 1 aromatic heterocycles. The van der Waals surface area contributed by atoms with Crippen LogP contribution in [0.3, 0.4) is 0 Å². The molecule has 6 heteroatoms. The molecule has 2 rings (SSSR count). The van der Waals surface area contributed by atoms with Crippen LogP contribution in [0.2, 0.25) is 0 Å². The number of hydrogen-bond donors (Lipinski definition) is 2. The number of aromatic nitrogens is 2. The van der Waals surface area contributed by atoms with Crippen LogP contribution in [0.15, 0.2) is 24.3 Å². The Hall–Kier alpha value is -2.50. The van der Waals surface area contributed by atoms with Gasteiger partial charge in [0.1, 0.15) is 11.4 Å². The van der Waals surface area contributed by atoms with Crippen LogP contribution in [0.25, 0.3) is 0 Å². The summed E-state index contributed by atoms with van der Waals surface area (Å²) in [6, 6.07) is 7.12. The van der Waals surface area contributed by atoms with Gasteiger partial charge in [-0.05, 0) is 38.1 Å². The highest BCUT2D eigenvalue weighted by Crippen LogP contribution is 2.20. The highest BCUT2D eigenvalue weighted by molar-refractivity contribution is 5.92. The molecule has 0 bridgehead atoms. The van der Waals surface area contributed by atoms with Gasteiger partial charge in [0.2, 0.25) is 0 Å². The largest absolute Gasteiger partial charge is 0.496 e. The standard InChI is InChI=1S/C15H20N4O2/c1-4-19-13(7-10(2)18-19)15(20)17-9-11-8-12(16)5-6-14(11)21-3/h5-8H,4,9,16H2,1-3H3,(H,17,20). The molecule has 0 spiro atoms. The fourth-order valence-corrected chi connectivity index (χ4v) is 2.17. The van der Waals surface area contributed by atoms with Crippen molar-refractivity contribution >= 4 is 11.6 Å². The van der Waals surface area contributed by atoms with Gasteiger partial charge in [0.15, 0.2) is 0 Å². The average molecular weight is 288 g/mol. The molecule has 2 aromatic rings. The van der Waals surface area contributed by atoms with E-state index in [9.17, 15) is 4.79 Å². The second-order valence-corrected chi connectivity index (χ2v) is 4.74. The molecule has 0 aliphatic heterocycles. The van der Waals surface area contributed by atoms with Gasteiger partial charge in [0, 0.05) is 24.3 Å². The van der Waals surface area contributed by atoms with Gasteiger partial charge in [-0.15, -0.1) is 0 Å². The number of nitrogens with two attached hydrogens (primary N) is 1. The Bertz CT molecular complexity index is 649. The van der Waals surface area contributed by atoms with Gasteiger partial charge < -0.3 is 15.8 Å². The third-order valence-electron chi connectivity index (χ3n) is 3.18. The molecule has 0 saturated carbocycles. The zero-order valence-corrected chi connectivity index (χ0v) is 12.5. The molecular weight excluding hydrogens is 268 g/mol. The molecule has 1 heterocycles. The van der Waals surface area contributed by atoms with Crippen molar-refractivity contribution in [2.45, 2.75) is 26.9 Å². The summed E-state index contributed by atoms with van der Waals surface area (Å²) >= 11 is 0. The monoisotopic (exact) mass is 288 g/mol. The predicted octanol–water partition coefficient (Wildman–Crippen LogP) is 1.73. The first-order valence-corrected chi connectivity index (χ1v) is 6.80. The maximum atomic E-state index is 12.3. The molecule has 1 amide bonds. The Morgan fingerprint density at radius 3 is 2.86 bits per heavy atom. The highest BCUT2D eigenvalue weighted by atomic mass is 16.5. The molecule has 1 aromatic carbocycles. The smallest absolute Gasteiger partial charge is 0.269 e. The summed E-state index contributed by atoms with van der Waals surface area (Å²) in [5.74, 6) is 0.534. The molecule has 0 unspecified atom stereocenters. The van der Waals surface area contributed by atoms with E-state index >= 15 is 0 Å². The maximum absolute atomic E-state index is 12.3. The number of carbonyl (C=O) groups is 1. The molecular formula is C15H20N4O2. The third-order valence-corrected chi connectivity index (χ3v) is 3.18. The predicted molar refractivity (Wildman–Crippen MR) is 81.2 cm³/mol. The van der Waals surface area contributed by atoms with E-state index in [4.69, 9.17) is 10.5 Å². The summed E-state index contributed by atoms with van der Waals surface area (Å²) in [6.45, 7) is 4.81. The van der Waals surface area contributed by atoms with Crippen LogP contribution in [-0.4, -0.2) is 22.8 Å². The van der Waals surface area contributed by atoms with Gasteiger partial charge in [0.25, 0.3) is 5.91 Å². The molecule has 21 heavy (non-hydrogen) atoms. The second kappa shape index (κ2) is 6.30. The normalized spacial score (nSPS) is 10.4. The molecule has 112 valence electrons. The molecule has 0 saturated heterocycles. The zero-order valence-electron chi connectivity index (χ0n) is 12.5. The van der Waals surface area contributed by atoms with E-state index in [0.717, 1.165) is 11.3 Å². The van der Waals surface area contributed by atoms with Crippen LogP contribution in [-0.2, 0) is 13.1 Å². The van der Waals surface area contributed by atoms with Gasteiger partial charge in [-0.2, -0.15) is 5.10 Å². The number of ether oxygens (including phenoxy) is 1. The summed E-state index contributed by atoms with van der Waals surface area (Å²) in [5, 5.41) is 7.13. The molecule has 0 radical (unpaired) electrons. The van der Waals surface area contributed by atoms with Crippen molar-refractivity contribution in [1.29, 1.82) is 0 Å². The number of methoxy groups -OCH3 is 1. The van der Waals surface area contributed by atoms with E-state index < -0.39 is 0 Å². The van der Waals surface area contributed by atoms with Crippen LogP contribution in [0.4, 0.5) is 5.69 Å². The zero-order chi connectivity index (χ0) is 15.4. The number of nitrogen functional groups attached to an aromatic ring is 1. The lowest BCUT2D eigenvalue weighted by atomic mass is 10.1. The van der Waals surface area contributed by atoms with Crippen molar-refractivity contribution in [3.05, 3.63) is 41.2 Å². The number of carbonyl (C=O) groups excluding carboxylic acids is 1. The molecule has 6 nitrogen and oxygen atoms in total. The minimum atomic E-state index is -0.165. The molecule has 0 fully saturated rings. The van der Waals surface area contributed by atoms with Gasteiger partial charge >= 0.3 is 0 Å². The quantitative estimate of drug-likeness (QED) is 0.821. The van der Waals surface area contributed by atoms with Crippen LogP contribution < -0.4 is 15.8 Å². The van der Waals surface area contributed by atoms with E-state index in [1.165, 1.54) is 0 Å². The summed E-state index contributed by atoms with van der Waals surface area (Å²) in [4.78, 5) is 12.3. The lowest BCUT2D eigenvalue weighted by molar-refractivity contribution is 0.0940. The number of nitrogens with one attached hydrogen (secondary N) is 1. The van der Waals surface area contributed by atoms with Crippen molar-refractivity contribution in [1.82, 2.24) is 15.1 Å². The summed E-state index contributed by atoms with van der Waals surface area (Å²) < 4.78 is 6.94. The number of aryl methyl sites for hydroxylation is 2. The van der Waals surface area contributed by atoms with Crippen LogP contribution in [0, 0.1) is 6.92 Å². The summed E-state index contributed by atoms with van der Waals surface area (Å²) in [5.41, 5.74) is 8.61. The van der Waals surface area contributed by atoms with E-state index in [1.54, 1.807) is 36.1 Å². The maximum Gasteiger partial charge on any atom is 0.269 e. The Morgan fingerprint density at radius 1 is 1.43 bits per heavy atom. The topological polar surface area (TPSA) is 82.2 Å². The Kier molecular flexibility index (Phi) is 4.47. The van der Waals surface area contributed by atoms with Crippen molar-refractivity contribution in [3.8, 4) is 5.75 Å². The SMILES string of the molecule is CCn1nc(C)cc1C(=O)NCc1cc(N)ccc1OC. The number of benzene rings is 1. The van der Waals surface area contributed by atoms with Crippen LogP contribution >= 0.6 is 0 Å². The Morgan fingerprint density at radius 2 is 2.19 bits per heavy atom. The fourth-order valence-electron chi connectivity index (χ4n) is 2.17. The average Bonchev–Trinajstić information content (AvgIpc) is 2.86. The number of rotatable bonds is 5. The van der Waals surface area contributed by atoms with Gasteiger partial charge in [-0.1, -0.05) is 0 Å².